The summed E-state index contributed by atoms with van der Waals surface area (Å²) in [5.41, 5.74) is 0. The number of hydrogen-bond donors (Lipinski definition) is 1. The molecule has 0 aliphatic heterocycles. The largest absolute Gasteiger partial charge is 0.466 e. The van der Waals surface area contributed by atoms with Crippen molar-refractivity contribution in [2.75, 3.05) is 19.8 Å². The summed E-state index contributed by atoms with van der Waals surface area (Å²) < 4.78 is 9.68. The zero-order chi connectivity index (χ0) is 13.1. The van der Waals surface area contributed by atoms with E-state index < -0.39 is 0 Å². The summed E-state index contributed by atoms with van der Waals surface area (Å²) >= 11 is 0. The van der Waals surface area contributed by atoms with Gasteiger partial charge in [-0.1, -0.05) is 6.92 Å². The molecule has 0 rings (SSSR count). The second kappa shape index (κ2) is 10.1. The molecule has 0 fully saturated rings. The van der Waals surface area contributed by atoms with Crippen molar-refractivity contribution in [1.29, 1.82) is 0 Å². The fraction of sp³-hybridized carbons (Fsp3) is 0.833. The van der Waals surface area contributed by atoms with E-state index in [2.05, 4.69) is 5.32 Å². The Kier molecular flexibility index (Phi) is 9.43. The van der Waals surface area contributed by atoms with Crippen LogP contribution in [-0.2, 0) is 19.1 Å². The van der Waals surface area contributed by atoms with E-state index >= 15 is 0 Å². The Morgan fingerprint density at radius 1 is 1.06 bits per heavy atom. The monoisotopic (exact) mass is 245 g/mol. The van der Waals surface area contributed by atoms with Crippen molar-refractivity contribution >= 4 is 11.9 Å². The van der Waals surface area contributed by atoms with E-state index in [9.17, 15) is 9.59 Å². The Labute approximate surface area is 103 Å². The van der Waals surface area contributed by atoms with Gasteiger partial charge in [0.15, 0.2) is 0 Å². The summed E-state index contributed by atoms with van der Waals surface area (Å²) in [6.07, 6.45) is 1.49. The van der Waals surface area contributed by atoms with E-state index in [4.69, 9.17) is 9.47 Å². The van der Waals surface area contributed by atoms with Crippen LogP contribution in [0.1, 0.15) is 40.0 Å². The van der Waals surface area contributed by atoms with Gasteiger partial charge in [-0.05, 0) is 20.3 Å². The molecule has 1 unspecified atom stereocenters. The quantitative estimate of drug-likeness (QED) is 0.620. The van der Waals surface area contributed by atoms with Crippen LogP contribution in [0.5, 0.6) is 0 Å². The lowest BCUT2D eigenvalue weighted by Crippen LogP contribution is -2.33. The number of esters is 2. The molecule has 5 heteroatoms. The van der Waals surface area contributed by atoms with Crippen LogP contribution >= 0.6 is 0 Å². The molecular formula is C12H23NO4. The van der Waals surface area contributed by atoms with Gasteiger partial charge in [-0.15, -0.1) is 0 Å². The number of ether oxygens (including phenoxy) is 2. The van der Waals surface area contributed by atoms with E-state index in [1.54, 1.807) is 13.8 Å². The molecule has 0 amide bonds. The number of rotatable bonds is 9. The third kappa shape index (κ3) is 8.68. The average molecular weight is 245 g/mol. The molecule has 0 spiro atoms. The first kappa shape index (κ1) is 15.9. The van der Waals surface area contributed by atoms with E-state index in [1.807, 2.05) is 6.92 Å². The highest BCUT2D eigenvalue weighted by atomic mass is 16.5. The van der Waals surface area contributed by atoms with Crippen LogP contribution in [0.2, 0.25) is 0 Å². The standard InChI is InChI=1S/C12H23NO4/c1-4-10(9-12(15)17-6-3)13-8-7-11(14)16-5-2/h10,13H,4-9H2,1-3H3. The number of nitrogens with one attached hydrogen (secondary N) is 1. The van der Waals surface area contributed by atoms with Gasteiger partial charge in [-0.25, -0.2) is 0 Å². The fourth-order valence-electron chi connectivity index (χ4n) is 1.39. The Morgan fingerprint density at radius 3 is 2.18 bits per heavy atom. The average Bonchev–Trinajstić information content (AvgIpc) is 2.28. The Balaban J connectivity index is 3.74. The molecule has 5 nitrogen and oxygen atoms in total. The highest BCUT2D eigenvalue weighted by molar-refractivity contribution is 5.70. The predicted octanol–water partition coefficient (Wildman–Crippen LogP) is 1.26. The maximum atomic E-state index is 11.3. The van der Waals surface area contributed by atoms with Crippen LogP contribution in [0.15, 0.2) is 0 Å². The molecule has 0 aliphatic rings. The highest BCUT2D eigenvalue weighted by Gasteiger charge is 2.12. The number of carbonyl (C=O) groups is 2. The van der Waals surface area contributed by atoms with Gasteiger partial charge in [0.1, 0.15) is 0 Å². The van der Waals surface area contributed by atoms with Crippen molar-refractivity contribution in [3.05, 3.63) is 0 Å². The summed E-state index contributed by atoms with van der Waals surface area (Å²) in [5.74, 6) is -0.422. The molecule has 1 N–H and O–H groups in total. The molecule has 0 saturated heterocycles. The molecule has 0 saturated carbocycles. The molecule has 0 aromatic heterocycles. The van der Waals surface area contributed by atoms with E-state index in [0.29, 0.717) is 32.6 Å². The number of carbonyl (C=O) groups excluding carboxylic acids is 2. The molecule has 17 heavy (non-hydrogen) atoms. The Morgan fingerprint density at radius 2 is 1.65 bits per heavy atom. The summed E-state index contributed by atoms with van der Waals surface area (Å²) in [6.45, 7) is 6.88. The zero-order valence-electron chi connectivity index (χ0n) is 11.0. The maximum Gasteiger partial charge on any atom is 0.307 e. The van der Waals surface area contributed by atoms with Gasteiger partial charge in [-0.3, -0.25) is 9.59 Å². The van der Waals surface area contributed by atoms with Gasteiger partial charge in [-0.2, -0.15) is 0 Å². The smallest absolute Gasteiger partial charge is 0.307 e. The summed E-state index contributed by atoms with van der Waals surface area (Å²) in [6, 6.07) is 0.0588. The molecule has 0 bridgehead atoms. The molecule has 0 radical (unpaired) electrons. The van der Waals surface area contributed by atoms with Gasteiger partial charge >= 0.3 is 11.9 Å². The van der Waals surface area contributed by atoms with Crippen molar-refractivity contribution in [3.63, 3.8) is 0 Å². The van der Waals surface area contributed by atoms with E-state index in [1.165, 1.54) is 0 Å². The van der Waals surface area contributed by atoms with Gasteiger partial charge in [0.2, 0.25) is 0 Å². The lowest BCUT2D eigenvalue weighted by Gasteiger charge is -2.15. The molecule has 0 aromatic carbocycles. The first-order valence-electron chi connectivity index (χ1n) is 6.18. The van der Waals surface area contributed by atoms with Gasteiger partial charge in [0.25, 0.3) is 0 Å². The molecule has 0 aliphatic carbocycles. The third-order valence-corrected chi connectivity index (χ3v) is 2.28. The predicted molar refractivity (Wildman–Crippen MR) is 64.6 cm³/mol. The molecule has 1 atom stereocenters. The van der Waals surface area contributed by atoms with Crippen LogP contribution in [0.25, 0.3) is 0 Å². The van der Waals surface area contributed by atoms with Gasteiger partial charge < -0.3 is 14.8 Å². The first-order valence-corrected chi connectivity index (χ1v) is 6.18. The minimum absolute atomic E-state index is 0.0588. The summed E-state index contributed by atoms with van der Waals surface area (Å²) in [4.78, 5) is 22.3. The van der Waals surface area contributed by atoms with Crippen molar-refractivity contribution < 1.29 is 19.1 Å². The van der Waals surface area contributed by atoms with Crippen LogP contribution in [0, 0.1) is 0 Å². The third-order valence-electron chi connectivity index (χ3n) is 2.28. The van der Waals surface area contributed by atoms with Crippen LogP contribution < -0.4 is 5.32 Å². The highest BCUT2D eigenvalue weighted by Crippen LogP contribution is 2.00. The fourth-order valence-corrected chi connectivity index (χ4v) is 1.39. The summed E-state index contributed by atoms with van der Waals surface area (Å²) in [7, 11) is 0. The minimum Gasteiger partial charge on any atom is -0.466 e. The van der Waals surface area contributed by atoms with Crippen LogP contribution in [0.3, 0.4) is 0 Å². The normalized spacial score (nSPS) is 11.9. The van der Waals surface area contributed by atoms with Crippen molar-refractivity contribution in [2.45, 2.75) is 46.1 Å². The second-order valence-corrected chi connectivity index (χ2v) is 3.62. The van der Waals surface area contributed by atoms with Gasteiger partial charge in [0, 0.05) is 12.6 Å². The van der Waals surface area contributed by atoms with Crippen LogP contribution in [-0.4, -0.2) is 37.7 Å². The molecule has 0 aromatic rings. The minimum atomic E-state index is -0.217. The zero-order valence-corrected chi connectivity index (χ0v) is 11.0. The maximum absolute atomic E-state index is 11.3. The van der Waals surface area contributed by atoms with Crippen LogP contribution in [0.4, 0.5) is 0 Å². The molecule has 100 valence electrons. The summed E-state index contributed by atoms with van der Waals surface area (Å²) in [5, 5.41) is 3.15. The molecular weight excluding hydrogens is 222 g/mol. The first-order chi connectivity index (χ1) is 8.13. The lowest BCUT2D eigenvalue weighted by molar-refractivity contribution is -0.143. The Bertz CT molecular complexity index is 231. The van der Waals surface area contributed by atoms with Crippen molar-refractivity contribution in [2.24, 2.45) is 0 Å². The van der Waals surface area contributed by atoms with E-state index in [0.717, 1.165) is 6.42 Å². The topological polar surface area (TPSA) is 64.6 Å². The number of hydrogen-bond acceptors (Lipinski definition) is 5. The lowest BCUT2D eigenvalue weighted by atomic mass is 10.1. The molecule has 0 heterocycles. The van der Waals surface area contributed by atoms with E-state index in [-0.39, 0.29) is 18.0 Å². The van der Waals surface area contributed by atoms with Crippen molar-refractivity contribution in [3.8, 4) is 0 Å². The van der Waals surface area contributed by atoms with Crippen molar-refractivity contribution in [1.82, 2.24) is 5.32 Å². The Hall–Kier alpha value is -1.10. The SMILES string of the molecule is CCOC(=O)CCNC(CC)CC(=O)OCC. The second-order valence-electron chi connectivity index (χ2n) is 3.62. The van der Waals surface area contributed by atoms with Gasteiger partial charge in [0.05, 0.1) is 26.1 Å².